The fourth-order valence-electron chi connectivity index (χ4n) is 6.63. The van der Waals surface area contributed by atoms with Crippen LogP contribution in [0.5, 0.6) is 5.75 Å². The Hall–Kier alpha value is -3.68. The van der Waals surface area contributed by atoms with Crippen molar-refractivity contribution in [2.45, 2.75) is 56.6 Å². The summed E-state index contributed by atoms with van der Waals surface area (Å²) in [5.74, 6) is 0.123. The molecule has 2 aliphatic rings. The van der Waals surface area contributed by atoms with Gasteiger partial charge in [0.25, 0.3) is 0 Å². The molecule has 1 atom stereocenters. The van der Waals surface area contributed by atoms with Gasteiger partial charge in [-0.25, -0.2) is 9.18 Å². The standard InChI is InChI=1S/C35H37ClFNO5/c1-23(21-43-22-24-7-9-30(41-2)10-8-24)15-27-16-25-18-32(37)26(20-39)17-31(25)34(27)11-13-35(14-12-34,33(40)42-3)38-29-6-4-5-28(36)19-29/h4-10,16-20,23,38H,11-15,21-22H2,1-3H3/t23-,34?,35?/m1/s1. The molecule has 0 aromatic heterocycles. The number of ether oxygens (including phenoxy) is 3. The zero-order valence-corrected chi connectivity index (χ0v) is 25.5. The number of anilines is 1. The number of fused-ring (bicyclic) bond motifs is 2. The average molecular weight is 606 g/mol. The summed E-state index contributed by atoms with van der Waals surface area (Å²) in [7, 11) is 3.04. The van der Waals surface area contributed by atoms with E-state index in [1.165, 1.54) is 18.7 Å². The molecule has 1 spiro atoms. The van der Waals surface area contributed by atoms with Crippen molar-refractivity contribution in [3.63, 3.8) is 0 Å². The van der Waals surface area contributed by atoms with Crippen LogP contribution in [0.3, 0.4) is 0 Å². The predicted octanol–water partition coefficient (Wildman–Crippen LogP) is 7.78. The van der Waals surface area contributed by atoms with Crippen LogP contribution in [-0.4, -0.2) is 38.6 Å². The Bertz CT molecular complexity index is 1510. The number of carbonyl (C=O) groups is 2. The van der Waals surface area contributed by atoms with Crippen LogP contribution in [-0.2, 0) is 26.3 Å². The van der Waals surface area contributed by atoms with Crippen molar-refractivity contribution in [1.29, 1.82) is 0 Å². The fourth-order valence-corrected chi connectivity index (χ4v) is 6.82. The molecule has 0 amide bonds. The number of rotatable bonds is 11. The smallest absolute Gasteiger partial charge is 0.331 e. The third-order valence-electron chi connectivity index (χ3n) is 8.90. The Kier molecular flexibility index (Phi) is 9.23. The molecule has 0 bridgehead atoms. The quantitative estimate of drug-likeness (QED) is 0.178. The van der Waals surface area contributed by atoms with Gasteiger partial charge in [-0.05, 0) is 97.2 Å². The summed E-state index contributed by atoms with van der Waals surface area (Å²) < 4.78 is 31.3. The van der Waals surface area contributed by atoms with Crippen LogP contribution < -0.4 is 10.1 Å². The Morgan fingerprint density at radius 3 is 2.47 bits per heavy atom. The third-order valence-corrected chi connectivity index (χ3v) is 9.13. The molecule has 0 saturated heterocycles. The first-order chi connectivity index (χ1) is 20.7. The Labute approximate surface area is 257 Å². The van der Waals surface area contributed by atoms with Crippen LogP contribution in [0.15, 0.2) is 66.2 Å². The molecule has 0 aliphatic heterocycles. The summed E-state index contributed by atoms with van der Waals surface area (Å²) in [5.41, 5.74) is 3.38. The summed E-state index contributed by atoms with van der Waals surface area (Å²) in [6, 6.07) is 18.3. The maximum atomic E-state index is 14.7. The Morgan fingerprint density at radius 1 is 1.07 bits per heavy atom. The lowest BCUT2D eigenvalue weighted by Gasteiger charge is -2.46. The molecule has 0 heterocycles. The molecule has 0 radical (unpaired) electrons. The van der Waals surface area contributed by atoms with E-state index in [1.807, 2.05) is 36.4 Å². The maximum Gasteiger partial charge on any atom is 0.331 e. The predicted molar refractivity (Wildman–Crippen MR) is 166 cm³/mol. The molecule has 1 fully saturated rings. The highest BCUT2D eigenvalue weighted by molar-refractivity contribution is 6.30. The highest BCUT2D eigenvalue weighted by Gasteiger charge is 2.52. The van der Waals surface area contributed by atoms with Gasteiger partial charge in [-0.1, -0.05) is 48.4 Å². The van der Waals surface area contributed by atoms with Crippen molar-refractivity contribution in [2.24, 2.45) is 5.92 Å². The molecule has 8 heteroatoms. The minimum absolute atomic E-state index is 0.0468. The van der Waals surface area contributed by atoms with E-state index in [4.69, 9.17) is 25.8 Å². The lowest BCUT2D eigenvalue weighted by molar-refractivity contribution is -0.147. The highest BCUT2D eigenvalue weighted by Crippen LogP contribution is 2.55. The first kappa shape index (κ1) is 30.8. The van der Waals surface area contributed by atoms with E-state index in [9.17, 15) is 14.0 Å². The van der Waals surface area contributed by atoms with E-state index < -0.39 is 16.8 Å². The normalized spacial score (nSPS) is 21.6. The number of carbonyl (C=O) groups excluding carboxylic acids is 2. The van der Waals surface area contributed by atoms with Gasteiger partial charge in [-0.3, -0.25) is 4.79 Å². The van der Waals surface area contributed by atoms with Gasteiger partial charge in [0.2, 0.25) is 0 Å². The van der Waals surface area contributed by atoms with Crippen molar-refractivity contribution in [1.82, 2.24) is 0 Å². The lowest BCUT2D eigenvalue weighted by atomic mass is 9.61. The summed E-state index contributed by atoms with van der Waals surface area (Å²) in [6.07, 6.45) is 5.60. The zero-order valence-electron chi connectivity index (χ0n) is 24.8. The first-order valence-electron chi connectivity index (χ1n) is 14.5. The second kappa shape index (κ2) is 12.9. The minimum Gasteiger partial charge on any atom is -0.497 e. The molecule has 6 nitrogen and oxygen atoms in total. The minimum atomic E-state index is -0.945. The van der Waals surface area contributed by atoms with E-state index in [1.54, 1.807) is 25.3 Å². The molecule has 1 saturated carbocycles. The van der Waals surface area contributed by atoms with Crippen molar-refractivity contribution in [3.8, 4) is 5.75 Å². The summed E-state index contributed by atoms with van der Waals surface area (Å²) in [4.78, 5) is 25.0. The molecule has 2 aliphatic carbocycles. The van der Waals surface area contributed by atoms with E-state index in [2.05, 4.69) is 18.3 Å². The molecule has 1 N–H and O–H groups in total. The molecule has 0 unspecified atom stereocenters. The number of methoxy groups -OCH3 is 2. The maximum absolute atomic E-state index is 14.7. The summed E-state index contributed by atoms with van der Waals surface area (Å²) in [6.45, 7) is 3.18. The zero-order chi connectivity index (χ0) is 30.6. The lowest BCUT2D eigenvalue weighted by Crippen LogP contribution is -2.52. The molecule has 43 heavy (non-hydrogen) atoms. The second-order valence-corrected chi connectivity index (χ2v) is 12.1. The van der Waals surface area contributed by atoms with E-state index in [0.29, 0.717) is 50.2 Å². The van der Waals surface area contributed by atoms with Gasteiger partial charge in [-0.2, -0.15) is 0 Å². The van der Waals surface area contributed by atoms with Crippen molar-refractivity contribution >= 4 is 35.6 Å². The number of hydrogen-bond acceptors (Lipinski definition) is 6. The highest BCUT2D eigenvalue weighted by atomic mass is 35.5. The van der Waals surface area contributed by atoms with Gasteiger partial charge in [-0.15, -0.1) is 0 Å². The number of nitrogens with one attached hydrogen (secondary N) is 1. The number of benzene rings is 3. The van der Waals surface area contributed by atoms with Gasteiger partial charge in [0.15, 0.2) is 6.29 Å². The molecule has 5 rings (SSSR count). The average Bonchev–Trinajstić information content (AvgIpc) is 3.28. The number of hydrogen-bond donors (Lipinski definition) is 1. The molecular weight excluding hydrogens is 569 g/mol. The number of esters is 1. The Balaban J connectivity index is 1.37. The summed E-state index contributed by atoms with van der Waals surface area (Å²) in [5, 5.41) is 4.00. The van der Waals surface area contributed by atoms with Gasteiger partial charge in [0, 0.05) is 22.7 Å². The SMILES string of the molecule is COC(=O)C1(Nc2cccc(Cl)c2)CCC2(CC1)C(C[C@@H](C)COCc1ccc(OC)cc1)=Cc1cc(F)c(C=O)cc12. The van der Waals surface area contributed by atoms with E-state index >= 15 is 0 Å². The van der Waals surface area contributed by atoms with Crippen molar-refractivity contribution < 1.29 is 28.2 Å². The largest absolute Gasteiger partial charge is 0.497 e. The third kappa shape index (κ3) is 6.34. The molecule has 3 aromatic carbocycles. The fraction of sp³-hybridized carbons (Fsp3) is 0.371. The van der Waals surface area contributed by atoms with Crippen molar-refractivity contribution in [3.05, 3.63) is 99.3 Å². The topological polar surface area (TPSA) is 73.9 Å². The van der Waals surface area contributed by atoms with Crippen LogP contribution in [0.4, 0.5) is 10.1 Å². The second-order valence-electron chi connectivity index (χ2n) is 11.7. The van der Waals surface area contributed by atoms with E-state index in [0.717, 1.165) is 34.5 Å². The Morgan fingerprint density at radius 2 is 1.81 bits per heavy atom. The van der Waals surface area contributed by atoms with Gasteiger partial charge in [0.05, 0.1) is 26.4 Å². The monoisotopic (exact) mass is 605 g/mol. The molecule has 226 valence electrons. The molecule has 3 aromatic rings. The number of allylic oxidation sites excluding steroid dienone is 1. The summed E-state index contributed by atoms with van der Waals surface area (Å²) >= 11 is 6.23. The van der Waals surface area contributed by atoms with Crippen LogP contribution in [0.25, 0.3) is 6.08 Å². The molecular formula is C35H37ClFNO5. The van der Waals surface area contributed by atoms with Gasteiger partial charge >= 0.3 is 5.97 Å². The van der Waals surface area contributed by atoms with Crippen LogP contribution in [0.1, 0.15) is 66.1 Å². The number of halogens is 2. The van der Waals surface area contributed by atoms with Gasteiger partial charge < -0.3 is 19.5 Å². The van der Waals surface area contributed by atoms with Crippen LogP contribution in [0.2, 0.25) is 5.02 Å². The van der Waals surface area contributed by atoms with Crippen molar-refractivity contribution in [2.75, 3.05) is 26.1 Å². The van der Waals surface area contributed by atoms with Gasteiger partial charge in [0.1, 0.15) is 17.1 Å². The van der Waals surface area contributed by atoms with E-state index in [-0.39, 0.29) is 17.5 Å². The van der Waals surface area contributed by atoms with Crippen LogP contribution in [0, 0.1) is 11.7 Å². The van der Waals surface area contributed by atoms with Crippen LogP contribution >= 0.6 is 11.6 Å². The number of aldehydes is 1. The first-order valence-corrected chi connectivity index (χ1v) is 14.9.